The van der Waals surface area contributed by atoms with Crippen LogP contribution in [0.1, 0.15) is 65.7 Å². The third-order valence-electron chi connectivity index (χ3n) is 5.41. The predicted octanol–water partition coefficient (Wildman–Crippen LogP) is 3.44. The lowest BCUT2D eigenvalue weighted by Crippen LogP contribution is -2.52. The van der Waals surface area contributed by atoms with Crippen molar-refractivity contribution in [3.8, 4) is 0 Å². The molecule has 3 atom stereocenters. The second kappa shape index (κ2) is 5.92. The number of likely N-dealkylation sites (tertiary alicyclic amines) is 1. The zero-order valence-corrected chi connectivity index (χ0v) is 12.5. The smallest absolute Gasteiger partial charge is 0.0746 e. The average Bonchev–Trinajstić information content (AvgIpc) is 2.58. The molecule has 18 heavy (non-hydrogen) atoms. The van der Waals surface area contributed by atoms with Gasteiger partial charge in [-0.1, -0.05) is 33.6 Å². The van der Waals surface area contributed by atoms with Crippen molar-refractivity contribution in [3.05, 3.63) is 0 Å². The van der Waals surface area contributed by atoms with E-state index in [-0.39, 0.29) is 11.5 Å². The second-order valence-electron chi connectivity index (χ2n) is 7.13. The molecule has 2 heteroatoms. The maximum Gasteiger partial charge on any atom is 0.0746 e. The summed E-state index contributed by atoms with van der Waals surface area (Å²) < 4.78 is 0. The van der Waals surface area contributed by atoms with Crippen molar-refractivity contribution in [1.29, 1.82) is 0 Å². The van der Waals surface area contributed by atoms with Crippen LogP contribution in [-0.2, 0) is 0 Å². The summed E-state index contributed by atoms with van der Waals surface area (Å²) >= 11 is 0. The molecule has 1 aliphatic heterocycles. The molecular formula is C16H31NO. The van der Waals surface area contributed by atoms with E-state index in [2.05, 4.69) is 25.7 Å². The van der Waals surface area contributed by atoms with E-state index >= 15 is 0 Å². The number of hydrogen-bond donors (Lipinski definition) is 1. The van der Waals surface area contributed by atoms with E-state index in [0.717, 1.165) is 5.92 Å². The van der Waals surface area contributed by atoms with Gasteiger partial charge in [0.25, 0.3) is 0 Å². The van der Waals surface area contributed by atoms with Crippen LogP contribution in [0.4, 0.5) is 0 Å². The van der Waals surface area contributed by atoms with Crippen molar-refractivity contribution in [2.24, 2.45) is 11.3 Å². The van der Waals surface area contributed by atoms with Crippen molar-refractivity contribution in [2.75, 3.05) is 13.1 Å². The van der Waals surface area contributed by atoms with Crippen molar-refractivity contribution in [1.82, 2.24) is 4.90 Å². The molecule has 1 heterocycles. The molecule has 0 amide bonds. The highest BCUT2D eigenvalue weighted by molar-refractivity contribution is 4.94. The van der Waals surface area contributed by atoms with E-state index in [9.17, 15) is 5.11 Å². The minimum atomic E-state index is -0.135. The van der Waals surface area contributed by atoms with Gasteiger partial charge in [0.15, 0.2) is 0 Å². The topological polar surface area (TPSA) is 23.5 Å². The quantitative estimate of drug-likeness (QED) is 0.815. The highest BCUT2D eigenvalue weighted by Crippen LogP contribution is 2.38. The number of aliphatic hydroxyl groups is 1. The number of hydrogen-bond acceptors (Lipinski definition) is 2. The van der Waals surface area contributed by atoms with Crippen LogP contribution in [0.3, 0.4) is 0 Å². The molecule has 0 bridgehead atoms. The van der Waals surface area contributed by atoms with Gasteiger partial charge in [-0.15, -0.1) is 0 Å². The van der Waals surface area contributed by atoms with Gasteiger partial charge >= 0.3 is 0 Å². The van der Waals surface area contributed by atoms with Gasteiger partial charge in [0.1, 0.15) is 0 Å². The normalized spacial score (nSPS) is 38.3. The fraction of sp³-hybridized carbons (Fsp3) is 1.00. The molecule has 2 aliphatic rings. The summed E-state index contributed by atoms with van der Waals surface area (Å²) in [6.45, 7) is 9.19. The Hall–Kier alpha value is -0.0800. The fourth-order valence-corrected chi connectivity index (χ4v) is 3.90. The Bertz CT molecular complexity index is 264. The molecule has 3 unspecified atom stereocenters. The first-order valence-corrected chi connectivity index (χ1v) is 7.96. The predicted molar refractivity (Wildman–Crippen MR) is 76.6 cm³/mol. The molecule has 2 nitrogen and oxygen atoms in total. The zero-order chi connectivity index (χ0) is 13.2. The Morgan fingerprint density at radius 1 is 1.11 bits per heavy atom. The summed E-state index contributed by atoms with van der Waals surface area (Å²) in [6, 6.07) is 0.421. The Morgan fingerprint density at radius 2 is 1.89 bits per heavy atom. The van der Waals surface area contributed by atoms with E-state index in [0.29, 0.717) is 6.04 Å². The molecule has 1 N–H and O–H groups in total. The molecule has 2 fully saturated rings. The van der Waals surface area contributed by atoms with Gasteiger partial charge in [-0.2, -0.15) is 0 Å². The van der Waals surface area contributed by atoms with Crippen molar-refractivity contribution < 1.29 is 5.11 Å². The van der Waals surface area contributed by atoms with Gasteiger partial charge in [-0.25, -0.2) is 0 Å². The Balaban J connectivity index is 1.98. The van der Waals surface area contributed by atoms with Crippen LogP contribution in [0.5, 0.6) is 0 Å². The van der Waals surface area contributed by atoms with E-state index in [1.54, 1.807) is 0 Å². The molecule has 0 aromatic heterocycles. The molecule has 0 radical (unpaired) electrons. The average molecular weight is 253 g/mol. The zero-order valence-electron chi connectivity index (χ0n) is 12.5. The highest BCUT2D eigenvalue weighted by atomic mass is 16.3. The molecule has 0 aromatic rings. The van der Waals surface area contributed by atoms with Crippen LogP contribution in [0, 0.1) is 11.3 Å². The maximum absolute atomic E-state index is 10.6. The summed E-state index contributed by atoms with van der Waals surface area (Å²) in [6.07, 6.45) is 8.89. The molecule has 2 rings (SSSR count). The summed E-state index contributed by atoms with van der Waals surface area (Å²) in [7, 11) is 0. The van der Waals surface area contributed by atoms with Gasteiger partial charge in [-0.3, -0.25) is 4.90 Å². The number of nitrogens with zero attached hydrogens (tertiary/aromatic N) is 1. The first kappa shape index (κ1) is 14.3. The molecule has 106 valence electrons. The third-order valence-corrected chi connectivity index (χ3v) is 5.41. The molecule has 1 saturated carbocycles. The summed E-state index contributed by atoms with van der Waals surface area (Å²) in [5.41, 5.74) is 0.110. The molecule has 1 saturated heterocycles. The summed E-state index contributed by atoms with van der Waals surface area (Å²) in [5, 5.41) is 10.6. The van der Waals surface area contributed by atoms with Gasteiger partial charge in [-0.05, 0) is 56.5 Å². The first-order chi connectivity index (χ1) is 8.54. The van der Waals surface area contributed by atoms with Crippen LogP contribution < -0.4 is 0 Å². The largest absolute Gasteiger partial charge is 0.391 e. The van der Waals surface area contributed by atoms with E-state index < -0.39 is 0 Å². The minimum absolute atomic E-state index is 0.110. The van der Waals surface area contributed by atoms with Crippen molar-refractivity contribution in [2.45, 2.75) is 77.9 Å². The van der Waals surface area contributed by atoms with Crippen LogP contribution in [0.2, 0.25) is 0 Å². The van der Waals surface area contributed by atoms with Gasteiger partial charge < -0.3 is 5.11 Å². The molecule has 0 spiro atoms. The SMILES string of the molecule is CCC1CCCN(C2CCCC(C)(C)C2O)CC1. The van der Waals surface area contributed by atoms with Gasteiger partial charge in [0, 0.05) is 6.04 Å². The van der Waals surface area contributed by atoms with Crippen LogP contribution >= 0.6 is 0 Å². The lowest BCUT2D eigenvalue weighted by Gasteiger charge is -2.45. The molecular weight excluding hydrogens is 222 g/mol. The standard InChI is InChI=1S/C16H31NO/c1-4-13-7-6-11-17(12-9-13)14-8-5-10-16(2,3)15(14)18/h13-15,18H,4-12H2,1-3H3. The molecule has 1 aliphatic carbocycles. The van der Waals surface area contributed by atoms with Crippen molar-refractivity contribution >= 4 is 0 Å². The van der Waals surface area contributed by atoms with Crippen LogP contribution in [-0.4, -0.2) is 35.2 Å². The van der Waals surface area contributed by atoms with Crippen LogP contribution in [0.15, 0.2) is 0 Å². The Labute approximate surface area is 113 Å². The van der Waals surface area contributed by atoms with E-state index in [4.69, 9.17) is 0 Å². The monoisotopic (exact) mass is 253 g/mol. The Kier molecular flexibility index (Phi) is 4.71. The van der Waals surface area contributed by atoms with Crippen LogP contribution in [0.25, 0.3) is 0 Å². The lowest BCUT2D eigenvalue weighted by atomic mass is 9.72. The van der Waals surface area contributed by atoms with E-state index in [1.807, 2.05) is 0 Å². The Morgan fingerprint density at radius 3 is 2.61 bits per heavy atom. The molecule has 0 aromatic carbocycles. The number of rotatable bonds is 2. The third kappa shape index (κ3) is 3.08. The number of aliphatic hydroxyl groups excluding tert-OH is 1. The second-order valence-corrected chi connectivity index (χ2v) is 7.13. The lowest BCUT2D eigenvalue weighted by molar-refractivity contribution is -0.0566. The summed E-state index contributed by atoms with van der Waals surface area (Å²) in [5.74, 6) is 0.920. The minimum Gasteiger partial charge on any atom is -0.391 e. The van der Waals surface area contributed by atoms with E-state index in [1.165, 1.54) is 58.0 Å². The first-order valence-electron chi connectivity index (χ1n) is 7.96. The maximum atomic E-state index is 10.6. The fourth-order valence-electron chi connectivity index (χ4n) is 3.90. The van der Waals surface area contributed by atoms with Crippen molar-refractivity contribution in [3.63, 3.8) is 0 Å². The van der Waals surface area contributed by atoms with Gasteiger partial charge in [0.2, 0.25) is 0 Å². The van der Waals surface area contributed by atoms with Gasteiger partial charge in [0.05, 0.1) is 6.10 Å². The highest BCUT2D eigenvalue weighted by Gasteiger charge is 2.40. The summed E-state index contributed by atoms with van der Waals surface area (Å²) in [4.78, 5) is 2.60.